The predicted molar refractivity (Wildman–Crippen MR) is 88.4 cm³/mol. The number of nitrogens with one attached hydrogen (secondary N) is 2. The summed E-state index contributed by atoms with van der Waals surface area (Å²) >= 11 is 1.75. The van der Waals surface area contributed by atoms with Crippen LogP contribution < -0.4 is 10.6 Å². The average molecular weight is 306 g/mol. The number of ether oxygens (including phenoxy) is 1. The first-order chi connectivity index (χ1) is 10.2. The summed E-state index contributed by atoms with van der Waals surface area (Å²) in [6.07, 6.45) is 3.38. The lowest BCUT2D eigenvalue weighted by atomic mass is 10.0. The van der Waals surface area contributed by atoms with Crippen LogP contribution in [0.15, 0.2) is 6.07 Å². The third-order valence-corrected chi connectivity index (χ3v) is 5.02. The lowest BCUT2D eigenvalue weighted by Gasteiger charge is -2.28. The highest BCUT2D eigenvalue weighted by molar-refractivity contribution is 7.18. The molecule has 0 bridgehead atoms. The minimum atomic E-state index is 0.311. The fourth-order valence-electron chi connectivity index (χ4n) is 2.69. The van der Waals surface area contributed by atoms with E-state index in [1.54, 1.807) is 11.3 Å². The molecule has 2 aromatic heterocycles. The van der Waals surface area contributed by atoms with Crippen LogP contribution in [0.2, 0.25) is 0 Å². The lowest BCUT2D eigenvalue weighted by Crippen LogP contribution is -2.32. The molecule has 1 saturated heterocycles. The van der Waals surface area contributed by atoms with Gasteiger partial charge in [0.2, 0.25) is 5.95 Å². The van der Waals surface area contributed by atoms with E-state index in [-0.39, 0.29) is 0 Å². The number of aryl methyl sites for hydroxylation is 1. The Morgan fingerprint density at radius 1 is 1.43 bits per heavy atom. The predicted octanol–water partition coefficient (Wildman–Crippen LogP) is 3.27. The molecule has 21 heavy (non-hydrogen) atoms. The van der Waals surface area contributed by atoms with Gasteiger partial charge in [0.1, 0.15) is 10.6 Å². The first-order valence-corrected chi connectivity index (χ1v) is 8.37. The van der Waals surface area contributed by atoms with Crippen LogP contribution in [0.1, 0.15) is 31.6 Å². The summed E-state index contributed by atoms with van der Waals surface area (Å²) in [7, 11) is 1.86. The Morgan fingerprint density at radius 3 is 3.00 bits per heavy atom. The topological polar surface area (TPSA) is 59.1 Å². The quantitative estimate of drug-likeness (QED) is 0.908. The molecular formula is C15H22N4OS. The Bertz CT molecular complexity index is 627. The van der Waals surface area contributed by atoms with E-state index in [1.165, 1.54) is 4.88 Å². The van der Waals surface area contributed by atoms with Crippen molar-refractivity contribution in [2.45, 2.75) is 45.3 Å². The number of nitrogens with zero attached hydrogens (tertiary/aromatic N) is 2. The lowest BCUT2D eigenvalue weighted by molar-refractivity contribution is 0.0232. The van der Waals surface area contributed by atoms with Crippen LogP contribution in [0, 0.1) is 0 Å². The molecular weight excluding hydrogens is 284 g/mol. The van der Waals surface area contributed by atoms with E-state index in [9.17, 15) is 0 Å². The van der Waals surface area contributed by atoms with Gasteiger partial charge in [0.15, 0.2) is 0 Å². The van der Waals surface area contributed by atoms with Crippen molar-refractivity contribution in [1.82, 2.24) is 9.97 Å². The molecule has 1 fully saturated rings. The van der Waals surface area contributed by atoms with E-state index in [0.717, 1.165) is 41.9 Å². The van der Waals surface area contributed by atoms with E-state index < -0.39 is 0 Å². The first-order valence-electron chi connectivity index (χ1n) is 7.56. The highest BCUT2D eigenvalue weighted by Gasteiger charge is 2.21. The van der Waals surface area contributed by atoms with Crippen LogP contribution >= 0.6 is 11.3 Å². The second kappa shape index (κ2) is 6.15. The van der Waals surface area contributed by atoms with Gasteiger partial charge in [-0.05, 0) is 32.3 Å². The molecule has 0 amide bonds. The summed E-state index contributed by atoms with van der Waals surface area (Å²) in [4.78, 5) is 11.6. The number of hydrogen-bond donors (Lipinski definition) is 2. The van der Waals surface area contributed by atoms with E-state index >= 15 is 0 Å². The van der Waals surface area contributed by atoms with Gasteiger partial charge in [0, 0.05) is 24.6 Å². The second-order valence-electron chi connectivity index (χ2n) is 5.48. The zero-order valence-electron chi connectivity index (χ0n) is 12.8. The maximum atomic E-state index is 5.62. The van der Waals surface area contributed by atoms with Crippen LogP contribution in [-0.2, 0) is 11.2 Å². The van der Waals surface area contributed by atoms with Gasteiger partial charge in [0.25, 0.3) is 0 Å². The molecule has 2 atom stereocenters. The Morgan fingerprint density at radius 2 is 2.29 bits per heavy atom. The van der Waals surface area contributed by atoms with Crippen molar-refractivity contribution in [2.75, 3.05) is 24.3 Å². The number of fused-ring (bicyclic) bond motifs is 1. The summed E-state index contributed by atoms with van der Waals surface area (Å²) in [5.41, 5.74) is 0. The van der Waals surface area contributed by atoms with Gasteiger partial charge in [-0.2, -0.15) is 4.98 Å². The van der Waals surface area contributed by atoms with Gasteiger partial charge in [0.05, 0.1) is 11.5 Å². The summed E-state index contributed by atoms with van der Waals surface area (Å²) in [6, 6.07) is 2.63. The maximum Gasteiger partial charge on any atom is 0.225 e. The Balaban J connectivity index is 1.93. The Hall–Kier alpha value is -1.40. The number of hydrogen-bond acceptors (Lipinski definition) is 6. The molecule has 0 radical (unpaired) electrons. The molecule has 0 aliphatic carbocycles. The van der Waals surface area contributed by atoms with Crippen LogP contribution in [-0.4, -0.2) is 35.8 Å². The van der Waals surface area contributed by atoms with Crippen molar-refractivity contribution >= 4 is 33.3 Å². The van der Waals surface area contributed by atoms with Crippen molar-refractivity contribution in [3.05, 3.63) is 10.9 Å². The molecule has 2 aromatic rings. The largest absolute Gasteiger partial charge is 0.378 e. The minimum Gasteiger partial charge on any atom is -0.378 e. The summed E-state index contributed by atoms with van der Waals surface area (Å²) < 4.78 is 5.62. The van der Waals surface area contributed by atoms with Crippen molar-refractivity contribution < 1.29 is 4.74 Å². The van der Waals surface area contributed by atoms with Crippen LogP contribution in [0.5, 0.6) is 0 Å². The molecule has 5 nitrogen and oxygen atoms in total. The average Bonchev–Trinajstić information content (AvgIpc) is 2.90. The first kappa shape index (κ1) is 14.5. The smallest absolute Gasteiger partial charge is 0.225 e. The SMILES string of the molecule is CCc1cc2c(NC3CCOC(C)C3)nc(NC)nc2s1. The minimum absolute atomic E-state index is 0.311. The molecule has 0 spiro atoms. The Kier molecular flexibility index (Phi) is 4.26. The maximum absolute atomic E-state index is 5.62. The van der Waals surface area contributed by atoms with Crippen molar-refractivity contribution in [2.24, 2.45) is 0 Å². The number of rotatable bonds is 4. The van der Waals surface area contributed by atoms with E-state index in [4.69, 9.17) is 4.74 Å². The van der Waals surface area contributed by atoms with E-state index in [0.29, 0.717) is 18.1 Å². The fraction of sp³-hybridized carbons (Fsp3) is 0.600. The molecule has 1 aliphatic heterocycles. The molecule has 2 unspecified atom stereocenters. The van der Waals surface area contributed by atoms with Crippen LogP contribution in [0.3, 0.4) is 0 Å². The standard InChI is InChI=1S/C15H22N4OS/c1-4-11-8-12-13(17-10-5-6-20-9(2)7-10)18-15(16-3)19-14(12)21-11/h8-10H,4-7H2,1-3H3,(H2,16,17,18,19). The molecule has 0 saturated carbocycles. The van der Waals surface area contributed by atoms with Crippen molar-refractivity contribution in [1.29, 1.82) is 0 Å². The zero-order valence-corrected chi connectivity index (χ0v) is 13.6. The third-order valence-electron chi connectivity index (χ3n) is 3.84. The van der Waals surface area contributed by atoms with Crippen LogP contribution in [0.4, 0.5) is 11.8 Å². The fourth-order valence-corrected chi connectivity index (χ4v) is 3.66. The van der Waals surface area contributed by atoms with Crippen molar-refractivity contribution in [3.8, 4) is 0 Å². The van der Waals surface area contributed by atoms with Gasteiger partial charge in [-0.1, -0.05) is 6.92 Å². The zero-order chi connectivity index (χ0) is 14.8. The second-order valence-corrected chi connectivity index (χ2v) is 6.59. The van der Waals surface area contributed by atoms with Gasteiger partial charge < -0.3 is 15.4 Å². The molecule has 114 valence electrons. The van der Waals surface area contributed by atoms with Gasteiger partial charge in [-0.25, -0.2) is 4.98 Å². The summed E-state index contributed by atoms with van der Waals surface area (Å²) in [6.45, 7) is 5.11. The van der Waals surface area contributed by atoms with E-state index in [1.807, 2.05) is 7.05 Å². The molecule has 2 N–H and O–H groups in total. The number of aromatic nitrogens is 2. The highest BCUT2D eigenvalue weighted by atomic mass is 32.1. The van der Waals surface area contributed by atoms with Crippen molar-refractivity contribution in [3.63, 3.8) is 0 Å². The monoisotopic (exact) mass is 306 g/mol. The number of thiophene rings is 1. The molecule has 0 aromatic carbocycles. The van der Waals surface area contributed by atoms with Gasteiger partial charge >= 0.3 is 0 Å². The normalized spacial score (nSPS) is 22.4. The third kappa shape index (κ3) is 3.11. The van der Waals surface area contributed by atoms with Gasteiger partial charge in [-0.15, -0.1) is 11.3 Å². The van der Waals surface area contributed by atoms with E-state index in [2.05, 4.69) is 40.5 Å². The summed E-state index contributed by atoms with van der Waals surface area (Å²) in [5.74, 6) is 1.62. The molecule has 3 rings (SSSR count). The highest BCUT2D eigenvalue weighted by Crippen LogP contribution is 2.31. The van der Waals surface area contributed by atoms with Gasteiger partial charge in [-0.3, -0.25) is 0 Å². The number of anilines is 2. The molecule has 1 aliphatic rings. The van der Waals surface area contributed by atoms with Crippen LogP contribution in [0.25, 0.3) is 10.2 Å². The Labute approximate surface area is 129 Å². The molecule has 6 heteroatoms. The molecule has 3 heterocycles. The summed E-state index contributed by atoms with van der Waals surface area (Å²) in [5, 5.41) is 7.79.